The molecule has 4 unspecified atom stereocenters. The summed E-state index contributed by atoms with van der Waals surface area (Å²) in [5.41, 5.74) is 0. The van der Waals surface area contributed by atoms with Crippen LogP contribution in [0.1, 0.15) is 53.4 Å². The first kappa shape index (κ1) is 16.9. The minimum Gasteiger partial charge on any atom is -0.393 e. The number of hydrogen-bond acceptors (Lipinski definition) is 3. The van der Waals surface area contributed by atoms with Crippen LogP contribution in [0.3, 0.4) is 0 Å². The lowest BCUT2D eigenvalue weighted by Gasteiger charge is -2.38. The fourth-order valence-electron chi connectivity index (χ4n) is 3.43. The first-order valence-corrected chi connectivity index (χ1v) is 8.29. The molecule has 2 aliphatic rings. The predicted molar refractivity (Wildman–Crippen MR) is 82.4 cm³/mol. The van der Waals surface area contributed by atoms with Crippen LogP contribution in [-0.4, -0.2) is 48.3 Å². The molecule has 0 aromatic heterocycles. The van der Waals surface area contributed by atoms with Crippen molar-refractivity contribution in [3.05, 3.63) is 0 Å². The lowest BCUT2D eigenvalue weighted by Crippen LogP contribution is -2.48. The number of aliphatic hydroxyl groups is 1. The molecule has 2 fully saturated rings. The number of piperazine rings is 1. The highest BCUT2D eigenvalue weighted by molar-refractivity contribution is 4.82. The second kappa shape index (κ2) is 8.93. The molecule has 0 spiro atoms. The Morgan fingerprint density at radius 3 is 2.47 bits per heavy atom. The third-order valence-corrected chi connectivity index (χ3v) is 4.75. The van der Waals surface area contributed by atoms with Crippen molar-refractivity contribution in [3.63, 3.8) is 0 Å². The highest BCUT2D eigenvalue weighted by Gasteiger charge is 2.29. The Hall–Kier alpha value is -0.120. The van der Waals surface area contributed by atoms with Crippen molar-refractivity contribution in [2.75, 3.05) is 26.2 Å². The molecular weight excluding hydrogens is 236 g/mol. The average Bonchev–Trinajstić information content (AvgIpc) is 2.46. The first-order valence-electron chi connectivity index (χ1n) is 8.29. The predicted octanol–water partition coefficient (Wildman–Crippen LogP) is 2.49. The summed E-state index contributed by atoms with van der Waals surface area (Å²) in [7, 11) is 0. The smallest absolute Gasteiger partial charge is 0.0543 e. The van der Waals surface area contributed by atoms with Gasteiger partial charge < -0.3 is 10.4 Å². The Labute approximate surface area is 119 Å². The van der Waals surface area contributed by atoms with Crippen LogP contribution in [0.4, 0.5) is 0 Å². The maximum Gasteiger partial charge on any atom is 0.0543 e. The SMILES string of the molecule is CC.CC1CCC(O)CC1CC(C)N1CCNCC1. The van der Waals surface area contributed by atoms with E-state index in [-0.39, 0.29) is 6.10 Å². The van der Waals surface area contributed by atoms with E-state index in [1.807, 2.05) is 13.8 Å². The molecule has 1 heterocycles. The topological polar surface area (TPSA) is 35.5 Å². The van der Waals surface area contributed by atoms with E-state index < -0.39 is 0 Å². The summed E-state index contributed by atoms with van der Waals surface area (Å²) >= 11 is 0. The summed E-state index contributed by atoms with van der Waals surface area (Å²) in [6.45, 7) is 13.4. The fraction of sp³-hybridized carbons (Fsp3) is 1.00. The van der Waals surface area contributed by atoms with Crippen LogP contribution in [0.15, 0.2) is 0 Å². The minimum absolute atomic E-state index is 0.0357. The second-order valence-corrected chi connectivity index (χ2v) is 6.07. The van der Waals surface area contributed by atoms with Crippen LogP contribution in [0, 0.1) is 11.8 Å². The standard InChI is InChI=1S/C14H28N2O.C2H6/c1-11-3-4-14(17)10-13(11)9-12(2)16-7-5-15-6-8-16;1-2/h11-15,17H,3-10H2,1-2H3;1-2H3. The molecule has 1 saturated carbocycles. The molecule has 0 bridgehead atoms. The van der Waals surface area contributed by atoms with Gasteiger partial charge in [-0.1, -0.05) is 20.8 Å². The Morgan fingerprint density at radius 1 is 1.21 bits per heavy atom. The summed E-state index contributed by atoms with van der Waals surface area (Å²) in [6, 6.07) is 0.676. The van der Waals surface area contributed by atoms with Gasteiger partial charge in [-0.2, -0.15) is 0 Å². The van der Waals surface area contributed by atoms with Gasteiger partial charge in [0, 0.05) is 32.2 Å². The van der Waals surface area contributed by atoms with Gasteiger partial charge in [0.2, 0.25) is 0 Å². The number of nitrogens with one attached hydrogen (secondary N) is 1. The summed E-state index contributed by atoms with van der Waals surface area (Å²) in [5.74, 6) is 1.52. The van der Waals surface area contributed by atoms with Crippen LogP contribution < -0.4 is 5.32 Å². The van der Waals surface area contributed by atoms with Gasteiger partial charge in [0.05, 0.1) is 6.10 Å². The van der Waals surface area contributed by atoms with Crippen LogP contribution in [0.25, 0.3) is 0 Å². The van der Waals surface area contributed by atoms with E-state index in [0.29, 0.717) is 6.04 Å². The molecule has 114 valence electrons. The van der Waals surface area contributed by atoms with Gasteiger partial charge in [0.15, 0.2) is 0 Å². The van der Waals surface area contributed by atoms with E-state index in [4.69, 9.17) is 0 Å². The largest absolute Gasteiger partial charge is 0.393 e. The number of nitrogens with zero attached hydrogens (tertiary/aromatic N) is 1. The Bertz CT molecular complexity index is 229. The zero-order chi connectivity index (χ0) is 14.3. The van der Waals surface area contributed by atoms with Crippen LogP contribution in [0.2, 0.25) is 0 Å². The van der Waals surface area contributed by atoms with Gasteiger partial charge >= 0.3 is 0 Å². The maximum atomic E-state index is 9.80. The summed E-state index contributed by atoms with van der Waals surface area (Å²) in [4.78, 5) is 2.60. The molecule has 19 heavy (non-hydrogen) atoms. The first-order chi connectivity index (χ1) is 9.16. The molecule has 1 aliphatic heterocycles. The van der Waals surface area contributed by atoms with Crippen molar-refractivity contribution in [1.29, 1.82) is 0 Å². The molecule has 0 aromatic rings. The highest BCUT2D eigenvalue weighted by atomic mass is 16.3. The van der Waals surface area contributed by atoms with Crippen molar-refractivity contribution in [3.8, 4) is 0 Å². The monoisotopic (exact) mass is 270 g/mol. The number of rotatable bonds is 3. The molecule has 0 aromatic carbocycles. The number of hydrogen-bond donors (Lipinski definition) is 2. The Kier molecular flexibility index (Phi) is 7.96. The summed E-state index contributed by atoms with van der Waals surface area (Å²) in [5, 5.41) is 13.2. The number of aliphatic hydroxyl groups excluding tert-OH is 1. The van der Waals surface area contributed by atoms with Crippen LogP contribution in [-0.2, 0) is 0 Å². The highest BCUT2D eigenvalue weighted by Crippen LogP contribution is 2.33. The molecule has 3 nitrogen and oxygen atoms in total. The third-order valence-electron chi connectivity index (χ3n) is 4.75. The lowest BCUT2D eigenvalue weighted by molar-refractivity contribution is 0.0539. The van der Waals surface area contributed by atoms with Gasteiger partial charge in [0.1, 0.15) is 0 Å². The van der Waals surface area contributed by atoms with E-state index in [2.05, 4.69) is 24.1 Å². The second-order valence-electron chi connectivity index (χ2n) is 6.07. The molecule has 0 amide bonds. The van der Waals surface area contributed by atoms with Crippen molar-refractivity contribution in [2.24, 2.45) is 11.8 Å². The summed E-state index contributed by atoms with van der Waals surface area (Å²) < 4.78 is 0. The molecule has 4 atom stereocenters. The van der Waals surface area contributed by atoms with E-state index in [0.717, 1.165) is 37.8 Å². The van der Waals surface area contributed by atoms with Crippen LogP contribution in [0.5, 0.6) is 0 Å². The Morgan fingerprint density at radius 2 is 1.84 bits per heavy atom. The van der Waals surface area contributed by atoms with Crippen molar-refractivity contribution in [2.45, 2.75) is 65.5 Å². The minimum atomic E-state index is -0.0357. The van der Waals surface area contributed by atoms with Gasteiger partial charge in [-0.25, -0.2) is 0 Å². The zero-order valence-electron chi connectivity index (χ0n) is 13.4. The van der Waals surface area contributed by atoms with E-state index in [1.165, 1.54) is 25.9 Å². The van der Waals surface area contributed by atoms with Gasteiger partial charge in [-0.15, -0.1) is 0 Å². The average molecular weight is 270 g/mol. The molecule has 1 aliphatic carbocycles. The van der Waals surface area contributed by atoms with Gasteiger partial charge in [0.25, 0.3) is 0 Å². The molecule has 1 saturated heterocycles. The molecule has 2 N–H and O–H groups in total. The zero-order valence-corrected chi connectivity index (χ0v) is 13.4. The van der Waals surface area contributed by atoms with Gasteiger partial charge in [-0.3, -0.25) is 4.90 Å². The van der Waals surface area contributed by atoms with E-state index in [1.54, 1.807) is 0 Å². The summed E-state index contributed by atoms with van der Waals surface area (Å²) in [6.07, 6.45) is 4.47. The van der Waals surface area contributed by atoms with Crippen molar-refractivity contribution in [1.82, 2.24) is 10.2 Å². The third kappa shape index (κ3) is 5.41. The Balaban J connectivity index is 0.000000861. The van der Waals surface area contributed by atoms with Crippen molar-refractivity contribution < 1.29 is 5.11 Å². The maximum absolute atomic E-state index is 9.80. The van der Waals surface area contributed by atoms with E-state index in [9.17, 15) is 5.11 Å². The fourth-order valence-corrected chi connectivity index (χ4v) is 3.43. The molecular formula is C16H34N2O. The normalized spacial score (nSPS) is 34.3. The van der Waals surface area contributed by atoms with E-state index >= 15 is 0 Å². The molecule has 0 radical (unpaired) electrons. The lowest BCUT2D eigenvalue weighted by atomic mass is 9.76. The van der Waals surface area contributed by atoms with Crippen molar-refractivity contribution >= 4 is 0 Å². The molecule has 3 heteroatoms. The van der Waals surface area contributed by atoms with Gasteiger partial charge in [-0.05, 0) is 44.4 Å². The molecule has 2 rings (SSSR count). The quantitative estimate of drug-likeness (QED) is 0.827. The van der Waals surface area contributed by atoms with Crippen LogP contribution >= 0.6 is 0 Å².